The summed E-state index contributed by atoms with van der Waals surface area (Å²) in [7, 11) is 0. The van der Waals surface area contributed by atoms with Crippen LogP contribution in [-0.4, -0.2) is 6.03 Å². The van der Waals surface area contributed by atoms with E-state index in [0.717, 1.165) is 18.2 Å². The van der Waals surface area contributed by atoms with Crippen LogP contribution in [-0.2, 0) is 0 Å². The topological polar surface area (TPSA) is 67.1 Å². The molecule has 4 N–H and O–H groups in total. The molecule has 110 valence electrons. The van der Waals surface area contributed by atoms with E-state index in [9.17, 15) is 22.4 Å². The molecule has 0 heterocycles. The maximum atomic E-state index is 13.5. The van der Waals surface area contributed by atoms with Crippen LogP contribution in [0.15, 0.2) is 30.3 Å². The van der Waals surface area contributed by atoms with E-state index >= 15 is 0 Å². The largest absolute Gasteiger partial charge is 0.397 e. The molecule has 0 aliphatic rings. The first kappa shape index (κ1) is 14.6. The lowest BCUT2D eigenvalue weighted by molar-refractivity contribution is 0.262. The number of nitrogen functional groups attached to an aromatic ring is 1. The van der Waals surface area contributed by atoms with Crippen molar-refractivity contribution in [1.82, 2.24) is 0 Å². The van der Waals surface area contributed by atoms with Gasteiger partial charge < -0.3 is 16.4 Å². The molecule has 0 spiro atoms. The number of urea groups is 1. The number of hydrogen-bond acceptors (Lipinski definition) is 2. The Labute approximate surface area is 116 Å². The summed E-state index contributed by atoms with van der Waals surface area (Å²) in [6, 6.07) is 2.84. The van der Waals surface area contributed by atoms with Crippen LogP contribution in [0.3, 0.4) is 0 Å². The highest BCUT2D eigenvalue weighted by Gasteiger charge is 2.14. The highest BCUT2D eigenvalue weighted by Crippen LogP contribution is 2.24. The quantitative estimate of drug-likeness (QED) is 0.587. The molecular weight excluding hydrogens is 290 g/mol. The summed E-state index contributed by atoms with van der Waals surface area (Å²) < 4.78 is 52.3. The van der Waals surface area contributed by atoms with Crippen molar-refractivity contribution < 1.29 is 22.4 Å². The molecule has 0 saturated carbocycles. The lowest BCUT2D eigenvalue weighted by Gasteiger charge is -2.11. The van der Waals surface area contributed by atoms with E-state index in [1.54, 1.807) is 0 Å². The Bertz CT molecular complexity index is 683. The summed E-state index contributed by atoms with van der Waals surface area (Å²) in [6.45, 7) is 0. The second kappa shape index (κ2) is 5.70. The minimum absolute atomic E-state index is 0.310. The van der Waals surface area contributed by atoms with Crippen LogP contribution in [0.4, 0.5) is 39.4 Å². The summed E-state index contributed by atoms with van der Waals surface area (Å²) in [6.07, 6.45) is 0. The average Bonchev–Trinajstić information content (AvgIpc) is 2.37. The number of amides is 2. The fourth-order valence-electron chi connectivity index (χ4n) is 1.58. The second-order valence-electron chi connectivity index (χ2n) is 4.06. The number of nitrogens with two attached hydrogens (primary N) is 1. The molecule has 0 radical (unpaired) electrons. The van der Waals surface area contributed by atoms with Crippen molar-refractivity contribution in [2.24, 2.45) is 0 Å². The molecule has 0 unspecified atom stereocenters. The van der Waals surface area contributed by atoms with E-state index in [4.69, 9.17) is 5.73 Å². The van der Waals surface area contributed by atoms with Gasteiger partial charge >= 0.3 is 6.03 Å². The number of hydrogen-bond donors (Lipinski definition) is 3. The number of anilines is 3. The Morgan fingerprint density at radius 3 is 2.19 bits per heavy atom. The molecular formula is C13H9F4N3O. The minimum Gasteiger partial charge on any atom is -0.397 e. The van der Waals surface area contributed by atoms with E-state index in [-0.39, 0.29) is 11.4 Å². The van der Waals surface area contributed by atoms with Crippen molar-refractivity contribution in [2.75, 3.05) is 16.4 Å². The number of carbonyl (C=O) groups excluding carboxylic acids is 1. The Morgan fingerprint density at radius 2 is 1.57 bits per heavy atom. The van der Waals surface area contributed by atoms with Crippen molar-refractivity contribution in [3.63, 3.8) is 0 Å². The van der Waals surface area contributed by atoms with Gasteiger partial charge in [0.2, 0.25) is 0 Å². The fourth-order valence-corrected chi connectivity index (χ4v) is 1.58. The van der Waals surface area contributed by atoms with Gasteiger partial charge in [-0.2, -0.15) is 0 Å². The van der Waals surface area contributed by atoms with Gasteiger partial charge in [-0.25, -0.2) is 22.4 Å². The van der Waals surface area contributed by atoms with Gasteiger partial charge in [0.25, 0.3) is 0 Å². The first-order valence-electron chi connectivity index (χ1n) is 5.64. The van der Waals surface area contributed by atoms with Crippen molar-refractivity contribution in [3.8, 4) is 0 Å². The molecule has 0 saturated heterocycles. The standard InChI is InChI=1S/C13H9F4N3O/c14-6-1-2-11(8(16)3-6)19-13(21)20-12-9(17)4-7(15)5-10(12)18/h1-5H,18H2,(H2,19,20,21). The van der Waals surface area contributed by atoms with Crippen LogP contribution < -0.4 is 16.4 Å². The summed E-state index contributed by atoms with van der Waals surface area (Å²) in [5.41, 5.74) is 4.28. The van der Waals surface area contributed by atoms with Crippen molar-refractivity contribution in [2.45, 2.75) is 0 Å². The van der Waals surface area contributed by atoms with Crippen LogP contribution in [0.25, 0.3) is 0 Å². The number of nitrogens with one attached hydrogen (secondary N) is 2. The van der Waals surface area contributed by atoms with Crippen LogP contribution in [0, 0.1) is 23.3 Å². The monoisotopic (exact) mass is 299 g/mol. The van der Waals surface area contributed by atoms with Crippen LogP contribution >= 0.6 is 0 Å². The molecule has 21 heavy (non-hydrogen) atoms. The highest BCUT2D eigenvalue weighted by molar-refractivity contribution is 6.01. The first-order valence-corrected chi connectivity index (χ1v) is 5.64. The number of rotatable bonds is 2. The van der Waals surface area contributed by atoms with Gasteiger partial charge in [0.15, 0.2) is 5.82 Å². The van der Waals surface area contributed by atoms with Gasteiger partial charge in [0.1, 0.15) is 23.1 Å². The van der Waals surface area contributed by atoms with E-state index in [2.05, 4.69) is 0 Å². The first-order chi connectivity index (χ1) is 9.86. The number of benzene rings is 2. The SMILES string of the molecule is Nc1cc(F)cc(F)c1NC(=O)Nc1ccc(F)cc1F. The third kappa shape index (κ3) is 3.41. The van der Waals surface area contributed by atoms with E-state index in [1.165, 1.54) is 0 Å². The zero-order chi connectivity index (χ0) is 15.6. The van der Waals surface area contributed by atoms with Crippen molar-refractivity contribution >= 4 is 23.1 Å². The molecule has 2 aromatic carbocycles. The van der Waals surface area contributed by atoms with Gasteiger partial charge in [-0.05, 0) is 18.2 Å². The van der Waals surface area contributed by atoms with Gasteiger partial charge in [0.05, 0.1) is 11.4 Å². The molecule has 2 rings (SSSR count). The Kier molecular flexibility index (Phi) is 3.97. The normalized spacial score (nSPS) is 10.3. The fraction of sp³-hybridized carbons (Fsp3) is 0. The highest BCUT2D eigenvalue weighted by atomic mass is 19.1. The Balaban J connectivity index is 2.16. The van der Waals surface area contributed by atoms with Gasteiger partial charge in [-0.3, -0.25) is 0 Å². The number of carbonyl (C=O) groups is 1. The molecule has 0 atom stereocenters. The van der Waals surface area contributed by atoms with Gasteiger partial charge in [-0.1, -0.05) is 0 Å². The minimum atomic E-state index is -1.08. The zero-order valence-corrected chi connectivity index (χ0v) is 10.4. The lowest BCUT2D eigenvalue weighted by atomic mass is 10.2. The lowest BCUT2D eigenvalue weighted by Crippen LogP contribution is -2.21. The summed E-state index contributed by atoms with van der Waals surface area (Å²) in [5.74, 6) is -3.80. The van der Waals surface area contributed by atoms with Crippen LogP contribution in [0.5, 0.6) is 0 Å². The maximum Gasteiger partial charge on any atom is 0.323 e. The predicted octanol–water partition coefficient (Wildman–Crippen LogP) is 3.47. The predicted molar refractivity (Wildman–Crippen MR) is 69.8 cm³/mol. The number of halogens is 4. The van der Waals surface area contributed by atoms with Crippen LogP contribution in [0.2, 0.25) is 0 Å². The molecule has 0 aromatic heterocycles. The summed E-state index contributed by atoms with van der Waals surface area (Å²) in [4.78, 5) is 11.6. The van der Waals surface area contributed by atoms with Crippen molar-refractivity contribution in [1.29, 1.82) is 0 Å². The second-order valence-corrected chi connectivity index (χ2v) is 4.06. The molecule has 2 aromatic rings. The van der Waals surface area contributed by atoms with Gasteiger partial charge in [0, 0.05) is 12.1 Å². The molecule has 8 heteroatoms. The molecule has 0 fully saturated rings. The zero-order valence-electron chi connectivity index (χ0n) is 10.4. The smallest absolute Gasteiger partial charge is 0.323 e. The summed E-state index contributed by atoms with van der Waals surface area (Å²) >= 11 is 0. The van der Waals surface area contributed by atoms with Crippen molar-refractivity contribution in [3.05, 3.63) is 53.6 Å². The van der Waals surface area contributed by atoms with E-state index in [0.29, 0.717) is 12.1 Å². The average molecular weight is 299 g/mol. The molecule has 0 bridgehead atoms. The summed E-state index contributed by atoms with van der Waals surface area (Å²) in [5, 5.41) is 4.07. The molecule has 0 aliphatic carbocycles. The van der Waals surface area contributed by atoms with E-state index in [1.807, 2.05) is 10.6 Å². The Hall–Kier alpha value is -2.77. The van der Waals surface area contributed by atoms with Crippen LogP contribution in [0.1, 0.15) is 0 Å². The Morgan fingerprint density at radius 1 is 0.905 bits per heavy atom. The maximum absolute atomic E-state index is 13.5. The third-order valence-electron chi connectivity index (χ3n) is 2.50. The van der Waals surface area contributed by atoms with Gasteiger partial charge in [-0.15, -0.1) is 0 Å². The molecule has 2 amide bonds. The third-order valence-corrected chi connectivity index (χ3v) is 2.50. The van der Waals surface area contributed by atoms with E-state index < -0.39 is 35.0 Å². The molecule has 4 nitrogen and oxygen atoms in total. The molecule has 0 aliphatic heterocycles.